The summed E-state index contributed by atoms with van der Waals surface area (Å²) in [6.45, 7) is 6.25. The van der Waals surface area contributed by atoms with Gasteiger partial charge in [0, 0.05) is 39.3 Å². The quantitative estimate of drug-likeness (QED) is 0.733. The van der Waals surface area contributed by atoms with E-state index in [2.05, 4.69) is 10.2 Å². The Labute approximate surface area is 115 Å². The Balaban J connectivity index is 0.00000162. The van der Waals surface area contributed by atoms with Gasteiger partial charge in [-0.2, -0.15) is 0 Å². The summed E-state index contributed by atoms with van der Waals surface area (Å²) in [5, 5.41) is 12.2. The van der Waals surface area contributed by atoms with Crippen LogP contribution in [-0.4, -0.2) is 73.2 Å². The molecule has 2 aliphatic heterocycles. The van der Waals surface area contributed by atoms with Crippen LogP contribution in [0.5, 0.6) is 0 Å². The number of carbonyl (C=O) groups is 1. The molecule has 0 saturated carbocycles. The fourth-order valence-corrected chi connectivity index (χ4v) is 2.65. The number of aliphatic hydroxyl groups excluding tert-OH is 1. The summed E-state index contributed by atoms with van der Waals surface area (Å²) in [6, 6.07) is 0. The normalized spacial score (nSPS) is 25.6. The van der Waals surface area contributed by atoms with E-state index in [4.69, 9.17) is 5.11 Å². The predicted molar refractivity (Wildman–Crippen MR) is 72.9 cm³/mol. The molecule has 2 rings (SSSR count). The summed E-state index contributed by atoms with van der Waals surface area (Å²) < 4.78 is 0. The first-order chi connectivity index (χ1) is 8.31. The van der Waals surface area contributed by atoms with Crippen molar-refractivity contribution < 1.29 is 9.90 Å². The van der Waals surface area contributed by atoms with Crippen LogP contribution in [0.15, 0.2) is 0 Å². The molecule has 0 radical (unpaired) electrons. The molecule has 6 heteroatoms. The molecule has 2 N–H and O–H groups in total. The van der Waals surface area contributed by atoms with Gasteiger partial charge in [0.2, 0.25) is 5.91 Å². The van der Waals surface area contributed by atoms with Gasteiger partial charge in [-0.15, -0.1) is 12.4 Å². The smallest absolute Gasteiger partial charge is 0.227 e. The third-order valence-corrected chi connectivity index (χ3v) is 3.75. The SMILES string of the molecule is Cl.O=C([C@@H]1CCCNC1)N1CCN(CCO)CC1. The van der Waals surface area contributed by atoms with Crippen molar-refractivity contribution in [3.63, 3.8) is 0 Å². The number of β-amino-alcohol motifs (C(OH)–C–C–N with tert-alkyl or cyclic N) is 1. The van der Waals surface area contributed by atoms with Crippen LogP contribution in [0.25, 0.3) is 0 Å². The number of piperazine rings is 1. The number of amides is 1. The molecule has 1 atom stereocenters. The van der Waals surface area contributed by atoms with Gasteiger partial charge in [-0.25, -0.2) is 0 Å². The van der Waals surface area contributed by atoms with Crippen molar-refractivity contribution in [3.05, 3.63) is 0 Å². The highest BCUT2D eigenvalue weighted by Crippen LogP contribution is 2.14. The molecule has 0 aromatic carbocycles. The van der Waals surface area contributed by atoms with E-state index in [0.717, 1.165) is 58.7 Å². The summed E-state index contributed by atoms with van der Waals surface area (Å²) in [6.07, 6.45) is 2.14. The first kappa shape index (κ1) is 15.7. The summed E-state index contributed by atoms with van der Waals surface area (Å²) in [5.41, 5.74) is 0. The molecule has 0 aliphatic carbocycles. The zero-order valence-corrected chi connectivity index (χ0v) is 11.6. The van der Waals surface area contributed by atoms with E-state index in [-0.39, 0.29) is 24.9 Å². The van der Waals surface area contributed by atoms with E-state index in [1.54, 1.807) is 0 Å². The van der Waals surface area contributed by atoms with Gasteiger partial charge in [-0.05, 0) is 19.4 Å². The number of nitrogens with zero attached hydrogens (tertiary/aromatic N) is 2. The molecule has 2 fully saturated rings. The van der Waals surface area contributed by atoms with Crippen molar-refractivity contribution in [1.82, 2.24) is 15.1 Å². The highest BCUT2D eigenvalue weighted by molar-refractivity contribution is 5.85. The zero-order chi connectivity index (χ0) is 12.1. The van der Waals surface area contributed by atoms with Crippen LogP contribution in [0, 0.1) is 5.92 Å². The van der Waals surface area contributed by atoms with Crippen LogP contribution < -0.4 is 5.32 Å². The molecule has 2 saturated heterocycles. The Hall–Kier alpha value is -0.360. The first-order valence-corrected chi connectivity index (χ1v) is 6.64. The standard InChI is InChI=1S/C12H23N3O2.ClH/c16-9-8-14-4-6-15(7-5-14)12(17)11-2-1-3-13-10-11;/h11,13,16H,1-10H2;1H/t11-;/m1./s1. The number of rotatable bonds is 3. The molecule has 2 aliphatic rings. The molecule has 1 amide bonds. The summed E-state index contributed by atoms with van der Waals surface area (Å²) >= 11 is 0. The molecular weight excluding hydrogens is 254 g/mol. The van der Waals surface area contributed by atoms with E-state index >= 15 is 0 Å². The Kier molecular flexibility index (Phi) is 6.92. The van der Waals surface area contributed by atoms with Gasteiger partial charge in [-0.3, -0.25) is 9.69 Å². The third-order valence-electron chi connectivity index (χ3n) is 3.75. The Bertz CT molecular complexity index is 252. The van der Waals surface area contributed by atoms with E-state index in [1.807, 2.05) is 4.90 Å². The Morgan fingerprint density at radius 2 is 2.00 bits per heavy atom. The molecular formula is C12H24ClN3O2. The number of hydrogen-bond donors (Lipinski definition) is 2. The number of hydrogen-bond acceptors (Lipinski definition) is 4. The van der Waals surface area contributed by atoms with Gasteiger partial charge in [0.05, 0.1) is 12.5 Å². The minimum absolute atomic E-state index is 0. The number of carbonyl (C=O) groups excluding carboxylic acids is 1. The molecule has 0 spiro atoms. The highest BCUT2D eigenvalue weighted by Gasteiger charge is 2.28. The van der Waals surface area contributed by atoms with Crippen molar-refractivity contribution in [2.45, 2.75) is 12.8 Å². The lowest BCUT2D eigenvalue weighted by atomic mass is 9.98. The second-order valence-corrected chi connectivity index (χ2v) is 4.93. The van der Waals surface area contributed by atoms with Crippen molar-refractivity contribution in [1.29, 1.82) is 0 Å². The van der Waals surface area contributed by atoms with Crippen molar-refractivity contribution >= 4 is 18.3 Å². The van der Waals surface area contributed by atoms with Crippen LogP contribution in [0.4, 0.5) is 0 Å². The predicted octanol–water partition coefficient (Wildman–Crippen LogP) is -0.456. The second-order valence-electron chi connectivity index (χ2n) is 4.93. The van der Waals surface area contributed by atoms with Gasteiger partial charge < -0.3 is 15.3 Å². The van der Waals surface area contributed by atoms with Crippen LogP contribution in [0.3, 0.4) is 0 Å². The Morgan fingerprint density at radius 3 is 2.56 bits per heavy atom. The van der Waals surface area contributed by atoms with Crippen LogP contribution in [0.2, 0.25) is 0 Å². The minimum atomic E-state index is 0. The molecule has 0 bridgehead atoms. The van der Waals surface area contributed by atoms with Gasteiger partial charge >= 0.3 is 0 Å². The molecule has 0 aromatic heterocycles. The average Bonchev–Trinajstić information content (AvgIpc) is 2.40. The van der Waals surface area contributed by atoms with Crippen LogP contribution in [-0.2, 0) is 4.79 Å². The van der Waals surface area contributed by atoms with E-state index in [1.165, 1.54) is 0 Å². The largest absolute Gasteiger partial charge is 0.395 e. The van der Waals surface area contributed by atoms with E-state index in [9.17, 15) is 4.79 Å². The first-order valence-electron chi connectivity index (χ1n) is 6.64. The van der Waals surface area contributed by atoms with Crippen LogP contribution >= 0.6 is 12.4 Å². The lowest BCUT2D eigenvalue weighted by Crippen LogP contribution is -2.52. The van der Waals surface area contributed by atoms with E-state index in [0.29, 0.717) is 5.91 Å². The number of nitrogens with one attached hydrogen (secondary N) is 1. The molecule has 106 valence electrons. The summed E-state index contributed by atoms with van der Waals surface area (Å²) in [4.78, 5) is 16.4. The van der Waals surface area contributed by atoms with Crippen LogP contribution in [0.1, 0.15) is 12.8 Å². The summed E-state index contributed by atoms with van der Waals surface area (Å²) in [5.74, 6) is 0.508. The Morgan fingerprint density at radius 1 is 1.28 bits per heavy atom. The monoisotopic (exact) mass is 277 g/mol. The number of piperidine rings is 1. The fraction of sp³-hybridized carbons (Fsp3) is 0.917. The molecule has 2 heterocycles. The lowest BCUT2D eigenvalue weighted by Gasteiger charge is -2.37. The zero-order valence-electron chi connectivity index (χ0n) is 10.8. The summed E-state index contributed by atoms with van der Waals surface area (Å²) in [7, 11) is 0. The lowest BCUT2D eigenvalue weighted by molar-refractivity contribution is -0.137. The van der Waals surface area contributed by atoms with Crippen molar-refractivity contribution in [3.8, 4) is 0 Å². The van der Waals surface area contributed by atoms with Gasteiger partial charge in [-0.1, -0.05) is 0 Å². The maximum Gasteiger partial charge on any atom is 0.227 e. The number of aliphatic hydroxyl groups is 1. The third kappa shape index (κ3) is 4.09. The minimum Gasteiger partial charge on any atom is -0.395 e. The average molecular weight is 278 g/mol. The molecule has 18 heavy (non-hydrogen) atoms. The maximum absolute atomic E-state index is 12.2. The van der Waals surface area contributed by atoms with Gasteiger partial charge in [0.15, 0.2) is 0 Å². The van der Waals surface area contributed by atoms with Gasteiger partial charge in [0.25, 0.3) is 0 Å². The van der Waals surface area contributed by atoms with E-state index < -0.39 is 0 Å². The van der Waals surface area contributed by atoms with Gasteiger partial charge in [0.1, 0.15) is 0 Å². The number of halogens is 1. The van der Waals surface area contributed by atoms with Crippen molar-refractivity contribution in [2.75, 3.05) is 52.4 Å². The molecule has 0 unspecified atom stereocenters. The topological polar surface area (TPSA) is 55.8 Å². The highest BCUT2D eigenvalue weighted by atomic mass is 35.5. The molecule has 0 aromatic rings. The van der Waals surface area contributed by atoms with Crippen molar-refractivity contribution in [2.24, 2.45) is 5.92 Å². The maximum atomic E-state index is 12.2. The molecule has 5 nitrogen and oxygen atoms in total. The second kappa shape index (κ2) is 7.94. The fourth-order valence-electron chi connectivity index (χ4n) is 2.65.